The number of aromatic hydroxyl groups is 1. The van der Waals surface area contributed by atoms with Crippen LogP contribution in [0.15, 0.2) is 102 Å². The second kappa shape index (κ2) is 17.8. The van der Waals surface area contributed by atoms with E-state index in [0.717, 1.165) is 80.2 Å². The number of thiophene rings is 1. The number of anilines is 2. The lowest BCUT2D eigenvalue weighted by Gasteiger charge is -2.60. The van der Waals surface area contributed by atoms with Gasteiger partial charge in [0.2, 0.25) is 0 Å². The Balaban J connectivity index is 0.000000224. The number of aliphatic imine (C=N–C) groups is 1. The molecular weight excluding hydrogens is 797 g/mol. The maximum absolute atomic E-state index is 14.2. The average molecular weight is 854 g/mol. The van der Waals surface area contributed by atoms with E-state index in [1.165, 1.54) is 88.6 Å². The first kappa shape index (κ1) is 41.9. The molecule has 0 amide bonds. The molecule has 11 heteroatoms. The van der Waals surface area contributed by atoms with Crippen LogP contribution < -0.4 is 9.80 Å². The lowest BCUT2D eigenvalue weighted by Crippen LogP contribution is -2.64. The molecule has 1 N–H and O–H groups in total. The molecule has 2 saturated heterocycles. The van der Waals surface area contributed by atoms with Gasteiger partial charge < -0.3 is 14.9 Å². The SMILES string of the molecule is Cc1sc2c(c1C)C(c1ccc(N3CC4(CC(CN5CCN(c6ccccc6F)CC5)C4)C3)cc1)=N[C@@H](C)c1nnc(C)n1-2.Fc1ccccc1.Oc1ccc2c(c1)CCCC2. The largest absolute Gasteiger partial charge is 0.508 e. The number of halogens is 2. The number of hydrogen-bond acceptors (Lipinski definition) is 8. The minimum atomic E-state index is -0.178. The lowest BCUT2D eigenvalue weighted by atomic mass is 9.57. The molecule has 0 radical (unpaired) electrons. The Hall–Kier alpha value is -5.39. The average Bonchev–Trinajstić information content (AvgIpc) is 3.74. The van der Waals surface area contributed by atoms with E-state index in [9.17, 15) is 13.9 Å². The van der Waals surface area contributed by atoms with Crippen LogP contribution in [0.5, 0.6) is 5.75 Å². The van der Waals surface area contributed by atoms with Gasteiger partial charge in [0.25, 0.3) is 0 Å². The van der Waals surface area contributed by atoms with Gasteiger partial charge in [-0.05, 0) is 137 Å². The van der Waals surface area contributed by atoms with Crippen molar-refractivity contribution in [2.75, 3.05) is 55.6 Å². The standard InChI is InChI=1S/C35H40FN7S.C10H12O.C6H5F/c1-22-24(3)44-34-31(22)32(37-23(2)33-39-38-25(4)43(33)34)27-9-11-28(12-10-27)42-20-35(21-42)17-26(18-35)19-40-13-15-41(16-14-40)30-8-6-5-7-29(30)36;11-10-6-5-8-3-1-2-4-9(8)7-10;7-6-4-2-1-3-5-6/h5-12,23,26H,13-21H2,1-4H3;5-7,11H,1-4H2;1-5H/t23-;;/m0../s1. The van der Waals surface area contributed by atoms with Crippen LogP contribution in [-0.2, 0) is 12.8 Å². The molecule has 2 aromatic heterocycles. The van der Waals surface area contributed by atoms with Gasteiger partial charge in [0.15, 0.2) is 5.82 Å². The molecule has 322 valence electrons. The fourth-order valence-corrected chi connectivity index (χ4v) is 11.4. The van der Waals surface area contributed by atoms with E-state index in [1.807, 2.05) is 42.5 Å². The fourth-order valence-electron chi connectivity index (χ4n) is 10.2. The summed E-state index contributed by atoms with van der Waals surface area (Å²) in [5.74, 6) is 2.73. The third-order valence-corrected chi connectivity index (χ3v) is 14.7. The smallest absolute Gasteiger partial charge is 0.162 e. The van der Waals surface area contributed by atoms with Crippen LogP contribution in [0.25, 0.3) is 5.00 Å². The highest BCUT2D eigenvalue weighted by Crippen LogP contribution is 2.53. The minimum Gasteiger partial charge on any atom is -0.508 e. The molecule has 11 rings (SSSR count). The van der Waals surface area contributed by atoms with Crippen molar-refractivity contribution in [3.8, 4) is 10.8 Å². The van der Waals surface area contributed by atoms with Crippen molar-refractivity contribution in [2.45, 2.75) is 72.3 Å². The van der Waals surface area contributed by atoms with Gasteiger partial charge >= 0.3 is 0 Å². The van der Waals surface area contributed by atoms with E-state index in [2.05, 4.69) is 74.5 Å². The summed E-state index contributed by atoms with van der Waals surface area (Å²) in [6.45, 7) is 15.9. The number of para-hydroxylation sites is 1. The van der Waals surface area contributed by atoms with Crippen LogP contribution in [-0.4, -0.2) is 76.3 Å². The molecule has 5 aliphatic rings. The number of piperazine rings is 1. The zero-order valence-corrected chi connectivity index (χ0v) is 37.1. The molecule has 0 bridgehead atoms. The molecule has 2 aliphatic carbocycles. The van der Waals surface area contributed by atoms with Crippen molar-refractivity contribution in [1.82, 2.24) is 19.7 Å². The minimum absolute atomic E-state index is 0.0669. The maximum Gasteiger partial charge on any atom is 0.162 e. The fraction of sp³-hybridized carbons (Fsp3) is 0.392. The number of nitrogens with zero attached hydrogens (tertiary/aromatic N) is 7. The van der Waals surface area contributed by atoms with Gasteiger partial charge in [0, 0.05) is 72.9 Å². The van der Waals surface area contributed by atoms with E-state index in [0.29, 0.717) is 11.2 Å². The zero-order valence-electron chi connectivity index (χ0n) is 36.3. The topological polar surface area (TPSA) is 73.0 Å². The number of aromatic nitrogens is 3. The van der Waals surface area contributed by atoms with Crippen molar-refractivity contribution in [2.24, 2.45) is 16.3 Å². The first-order valence-corrected chi connectivity index (χ1v) is 23.0. The Morgan fingerprint density at radius 2 is 1.47 bits per heavy atom. The van der Waals surface area contributed by atoms with Crippen molar-refractivity contribution in [3.05, 3.63) is 153 Å². The maximum atomic E-state index is 14.2. The normalized spacial score (nSPS) is 19.0. The monoisotopic (exact) mass is 853 g/mol. The van der Waals surface area contributed by atoms with E-state index < -0.39 is 0 Å². The second-order valence-corrected chi connectivity index (χ2v) is 19.1. The number of phenolic OH excluding ortho intramolecular Hbond substituents is 1. The number of rotatable bonds is 5. The van der Waals surface area contributed by atoms with Gasteiger partial charge in [-0.3, -0.25) is 14.5 Å². The van der Waals surface area contributed by atoms with Crippen LogP contribution in [0.1, 0.15) is 83.0 Å². The molecule has 3 fully saturated rings. The predicted molar refractivity (Wildman–Crippen MR) is 248 cm³/mol. The zero-order chi connectivity index (χ0) is 43.0. The van der Waals surface area contributed by atoms with Crippen molar-refractivity contribution in [3.63, 3.8) is 0 Å². The van der Waals surface area contributed by atoms with Gasteiger partial charge in [-0.15, -0.1) is 21.5 Å². The van der Waals surface area contributed by atoms with E-state index in [4.69, 9.17) is 4.99 Å². The Bertz CT molecular complexity index is 2530. The van der Waals surface area contributed by atoms with Crippen LogP contribution >= 0.6 is 11.3 Å². The van der Waals surface area contributed by atoms with Crippen molar-refractivity contribution < 1.29 is 13.9 Å². The third-order valence-electron chi connectivity index (χ3n) is 13.5. The van der Waals surface area contributed by atoms with Crippen LogP contribution in [0.2, 0.25) is 0 Å². The summed E-state index contributed by atoms with van der Waals surface area (Å²) < 4.78 is 28.3. The molecule has 5 heterocycles. The molecule has 6 aromatic rings. The van der Waals surface area contributed by atoms with Gasteiger partial charge in [0.05, 0.1) is 11.4 Å². The first-order valence-electron chi connectivity index (χ1n) is 22.2. The van der Waals surface area contributed by atoms with Crippen molar-refractivity contribution >= 4 is 28.4 Å². The summed E-state index contributed by atoms with van der Waals surface area (Å²) >= 11 is 1.81. The second-order valence-electron chi connectivity index (χ2n) is 17.9. The molecule has 0 unspecified atom stereocenters. The van der Waals surface area contributed by atoms with Crippen LogP contribution in [0.4, 0.5) is 20.2 Å². The Morgan fingerprint density at radius 3 is 2.16 bits per heavy atom. The molecule has 3 aliphatic heterocycles. The molecule has 4 aromatic carbocycles. The van der Waals surface area contributed by atoms with E-state index in [1.54, 1.807) is 36.4 Å². The molecule has 1 saturated carbocycles. The van der Waals surface area contributed by atoms with Gasteiger partial charge in [-0.1, -0.05) is 48.5 Å². The molecule has 8 nitrogen and oxygen atoms in total. The molecule has 1 spiro atoms. The number of benzene rings is 4. The summed E-state index contributed by atoms with van der Waals surface area (Å²) in [6.07, 6.45) is 7.56. The van der Waals surface area contributed by atoms with E-state index >= 15 is 0 Å². The summed E-state index contributed by atoms with van der Waals surface area (Å²) in [4.78, 5) is 13.9. The van der Waals surface area contributed by atoms with E-state index in [-0.39, 0.29) is 17.7 Å². The highest BCUT2D eigenvalue weighted by Gasteiger charge is 2.52. The summed E-state index contributed by atoms with van der Waals surface area (Å²) in [5, 5.41) is 19.2. The summed E-state index contributed by atoms with van der Waals surface area (Å²) in [7, 11) is 0. The Kier molecular flexibility index (Phi) is 12.0. The number of hydrogen-bond donors (Lipinski definition) is 1. The van der Waals surface area contributed by atoms with Crippen LogP contribution in [0, 0.1) is 43.7 Å². The van der Waals surface area contributed by atoms with Gasteiger partial charge in [0.1, 0.15) is 34.3 Å². The molecular formula is C51H57F2N7OS. The third kappa shape index (κ3) is 8.66. The number of aryl methyl sites for hydroxylation is 4. The van der Waals surface area contributed by atoms with Gasteiger partial charge in [-0.25, -0.2) is 8.78 Å². The van der Waals surface area contributed by atoms with Gasteiger partial charge in [-0.2, -0.15) is 0 Å². The van der Waals surface area contributed by atoms with Crippen molar-refractivity contribution in [1.29, 1.82) is 0 Å². The molecule has 62 heavy (non-hydrogen) atoms. The Labute approximate surface area is 368 Å². The predicted octanol–water partition coefficient (Wildman–Crippen LogP) is 10.4. The Morgan fingerprint density at radius 1 is 0.774 bits per heavy atom. The number of fused-ring (bicyclic) bond motifs is 4. The molecule has 1 atom stereocenters. The summed E-state index contributed by atoms with van der Waals surface area (Å²) in [6, 6.07) is 29.8. The van der Waals surface area contributed by atoms with Crippen LogP contribution in [0.3, 0.4) is 0 Å². The summed E-state index contributed by atoms with van der Waals surface area (Å²) in [5.41, 5.74) is 10.0. The lowest BCUT2D eigenvalue weighted by molar-refractivity contribution is 0.00320. The number of phenols is 1. The highest BCUT2D eigenvalue weighted by molar-refractivity contribution is 7.15. The highest BCUT2D eigenvalue weighted by atomic mass is 32.1. The quantitative estimate of drug-likeness (QED) is 0.186. The first-order chi connectivity index (χ1) is 30.0.